The summed E-state index contributed by atoms with van der Waals surface area (Å²) in [5, 5.41) is 5.59. The average Bonchev–Trinajstić information content (AvgIpc) is 2.78. The molecule has 0 saturated heterocycles. The van der Waals surface area contributed by atoms with Crippen molar-refractivity contribution in [3.8, 4) is 0 Å². The molecule has 0 radical (unpaired) electrons. The summed E-state index contributed by atoms with van der Waals surface area (Å²) in [6.07, 6.45) is 2.56. The van der Waals surface area contributed by atoms with Crippen LogP contribution in [0.25, 0.3) is 0 Å². The molecule has 1 heterocycles. The Labute approximate surface area is 94.2 Å². The second-order valence-corrected chi connectivity index (χ2v) is 3.67. The molecule has 1 atom stereocenters. The van der Waals surface area contributed by atoms with Crippen LogP contribution < -0.4 is 0 Å². The van der Waals surface area contributed by atoms with Gasteiger partial charge in [0.15, 0.2) is 0 Å². The lowest BCUT2D eigenvalue weighted by molar-refractivity contribution is -0.130. The summed E-state index contributed by atoms with van der Waals surface area (Å²) in [7, 11) is 0. The third kappa shape index (κ3) is 2.04. The summed E-state index contributed by atoms with van der Waals surface area (Å²) in [5.74, 6) is 0.140. The molecule has 1 amide bonds. The summed E-state index contributed by atoms with van der Waals surface area (Å²) in [5.41, 5.74) is 1.12. The van der Waals surface area contributed by atoms with Gasteiger partial charge in [0.05, 0.1) is 11.8 Å². The highest BCUT2D eigenvalue weighted by atomic mass is 32.1. The highest BCUT2D eigenvalue weighted by molar-refractivity contribution is 7.81. The third-order valence-corrected chi connectivity index (χ3v) is 2.68. The Morgan fingerprint density at radius 1 is 1.47 bits per heavy atom. The lowest BCUT2D eigenvalue weighted by Gasteiger charge is -2.21. The first-order valence-corrected chi connectivity index (χ1v) is 5.46. The van der Waals surface area contributed by atoms with Gasteiger partial charge in [-0.05, 0) is 5.56 Å². The van der Waals surface area contributed by atoms with Gasteiger partial charge in [-0.3, -0.25) is 4.79 Å². The van der Waals surface area contributed by atoms with Gasteiger partial charge in [0, 0.05) is 12.6 Å². The van der Waals surface area contributed by atoms with Crippen molar-refractivity contribution in [2.45, 2.75) is 12.5 Å². The van der Waals surface area contributed by atoms with Crippen molar-refractivity contribution >= 4 is 24.8 Å². The van der Waals surface area contributed by atoms with E-state index < -0.39 is 0 Å². The number of benzene rings is 1. The molecular weight excluding hydrogens is 208 g/mol. The van der Waals surface area contributed by atoms with Gasteiger partial charge in [-0.15, -0.1) is 0 Å². The van der Waals surface area contributed by atoms with Crippen LogP contribution in [0.5, 0.6) is 0 Å². The van der Waals surface area contributed by atoms with Crippen molar-refractivity contribution in [1.29, 1.82) is 0 Å². The van der Waals surface area contributed by atoms with E-state index in [0.717, 1.165) is 12.0 Å². The summed E-state index contributed by atoms with van der Waals surface area (Å²) >= 11 is 3.98. The maximum atomic E-state index is 11.5. The predicted molar refractivity (Wildman–Crippen MR) is 63.0 cm³/mol. The van der Waals surface area contributed by atoms with E-state index in [1.54, 1.807) is 6.21 Å². The predicted octanol–water partition coefficient (Wildman–Crippen LogP) is 1.88. The topological polar surface area (TPSA) is 32.7 Å². The van der Waals surface area contributed by atoms with Gasteiger partial charge in [0.2, 0.25) is 0 Å². The molecule has 0 N–H and O–H groups in total. The minimum absolute atomic E-state index is 0.0471. The van der Waals surface area contributed by atoms with Crippen molar-refractivity contribution < 1.29 is 4.79 Å². The zero-order valence-electron chi connectivity index (χ0n) is 8.21. The summed E-state index contributed by atoms with van der Waals surface area (Å²) in [6, 6.07) is 9.97. The number of carbonyl (C=O) groups is 1. The minimum atomic E-state index is -0.0547. The Morgan fingerprint density at radius 2 is 2.20 bits per heavy atom. The largest absolute Gasteiger partial charge is 0.272 e. The molecule has 1 aliphatic rings. The molecule has 0 fully saturated rings. The van der Waals surface area contributed by atoms with E-state index in [1.807, 2.05) is 30.3 Å². The smallest absolute Gasteiger partial charge is 0.252 e. The van der Waals surface area contributed by atoms with E-state index in [-0.39, 0.29) is 17.7 Å². The van der Waals surface area contributed by atoms with E-state index in [1.165, 1.54) is 5.01 Å². The fourth-order valence-corrected chi connectivity index (χ4v) is 1.82. The van der Waals surface area contributed by atoms with Gasteiger partial charge in [0.1, 0.15) is 0 Å². The molecule has 0 spiro atoms. The van der Waals surface area contributed by atoms with Crippen LogP contribution in [0.15, 0.2) is 35.4 Å². The Balaban J connectivity index is 2.21. The quantitative estimate of drug-likeness (QED) is 0.758. The minimum Gasteiger partial charge on any atom is -0.272 e. The molecule has 15 heavy (non-hydrogen) atoms. The molecule has 78 valence electrons. The molecule has 0 bridgehead atoms. The van der Waals surface area contributed by atoms with Crippen molar-refractivity contribution in [1.82, 2.24) is 5.01 Å². The van der Waals surface area contributed by atoms with Gasteiger partial charge in [-0.25, -0.2) is 5.01 Å². The van der Waals surface area contributed by atoms with Crippen LogP contribution >= 0.6 is 12.6 Å². The van der Waals surface area contributed by atoms with E-state index >= 15 is 0 Å². The Morgan fingerprint density at radius 3 is 2.87 bits per heavy atom. The number of hydrogen-bond acceptors (Lipinski definition) is 3. The Hall–Kier alpha value is -1.29. The normalized spacial score (nSPS) is 19.5. The molecule has 1 aromatic carbocycles. The van der Waals surface area contributed by atoms with Gasteiger partial charge in [-0.1, -0.05) is 30.3 Å². The second-order valence-electron chi connectivity index (χ2n) is 3.36. The van der Waals surface area contributed by atoms with Crippen LogP contribution in [-0.4, -0.2) is 22.9 Å². The van der Waals surface area contributed by atoms with Gasteiger partial charge < -0.3 is 0 Å². The fourth-order valence-electron chi connectivity index (χ4n) is 1.68. The van der Waals surface area contributed by atoms with Crippen LogP contribution in [0, 0.1) is 0 Å². The first-order valence-electron chi connectivity index (χ1n) is 4.83. The summed E-state index contributed by atoms with van der Waals surface area (Å²) in [6.45, 7) is 0. The van der Waals surface area contributed by atoms with Crippen LogP contribution in [-0.2, 0) is 4.79 Å². The van der Waals surface area contributed by atoms with Crippen LogP contribution in [0.4, 0.5) is 0 Å². The molecule has 1 aromatic rings. The fraction of sp³-hybridized carbons (Fsp3) is 0.273. The number of thiol groups is 1. The highest BCUT2D eigenvalue weighted by Crippen LogP contribution is 2.27. The number of rotatable bonds is 2. The zero-order chi connectivity index (χ0) is 10.7. The average molecular weight is 220 g/mol. The molecule has 1 aliphatic heterocycles. The lowest BCUT2D eigenvalue weighted by atomic mass is 10.0. The summed E-state index contributed by atoms with van der Waals surface area (Å²) < 4.78 is 0. The molecule has 0 aromatic heterocycles. The van der Waals surface area contributed by atoms with Gasteiger partial charge in [0.25, 0.3) is 5.91 Å². The van der Waals surface area contributed by atoms with Crippen molar-refractivity contribution in [2.75, 3.05) is 5.75 Å². The van der Waals surface area contributed by atoms with Gasteiger partial charge in [-0.2, -0.15) is 17.7 Å². The standard InChI is InChI=1S/C11H12N2OS/c14-11(8-15)13-10(6-7-12-13)9-4-2-1-3-5-9/h1-5,7,10,15H,6,8H2. The van der Waals surface area contributed by atoms with Crippen molar-refractivity contribution in [3.05, 3.63) is 35.9 Å². The monoisotopic (exact) mass is 220 g/mol. The first-order chi connectivity index (χ1) is 7.33. The second kappa shape index (κ2) is 4.49. The van der Waals surface area contributed by atoms with E-state index in [9.17, 15) is 4.79 Å². The maximum absolute atomic E-state index is 11.5. The van der Waals surface area contributed by atoms with Crippen molar-refractivity contribution in [3.63, 3.8) is 0 Å². The Bertz CT molecular complexity index is 377. The SMILES string of the molecule is O=C(CS)N1N=CCC1c1ccccc1. The van der Waals surface area contributed by atoms with E-state index in [4.69, 9.17) is 0 Å². The molecule has 4 heteroatoms. The van der Waals surface area contributed by atoms with E-state index in [0.29, 0.717) is 0 Å². The maximum Gasteiger partial charge on any atom is 0.252 e. The molecule has 0 aliphatic carbocycles. The van der Waals surface area contributed by atoms with E-state index in [2.05, 4.69) is 17.7 Å². The van der Waals surface area contributed by atoms with Crippen molar-refractivity contribution in [2.24, 2.45) is 5.10 Å². The Kier molecular flexibility index (Phi) is 3.06. The molecule has 0 saturated carbocycles. The van der Waals surface area contributed by atoms with Crippen LogP contribution in [0.2, 0.25) is 0 Å². The number of nitrogens with zero attached hydrogens (tertiary/aromatic N) is 2. The zero-order valence-corrected chi connectivity index (χ0v) is 9.10. The lowest BCUT2D eigenvalue weighted by Crippen LogP contribution is -2.27. The molecule has 1 unspecified atom stereocenters. The number of hydrazone groups is 1. The number of hydrogen-bond donors (Lipinski definition) is 1. The third-order valence-electron chi connectivity index (χ3n) is 2.41. The van der Waals surface area contributed by atoms with Crippen LogP contribution in [0.1, 0.15) is 18.0 Å². The molecule has 3 nitrogen and oxygen atoms in total. The number of amides is 1. The highest BCUT2D eigenvalue weighted by Gasteiger charge is 2.26. The first kappa shape index (κ1) is 10.2. The summed E-state index contributed by atoms with van der Waals surface area (Å²) in [4.78, 5) is 11.5. The van der Waals surface area contributed by atoms with Crippen LogP contribution in [0.3, 0.4) is 0 Å². The molecule has 2 rings (SSSR count). The molecular formula is C11H12N2OS. The van der Waals surface area contributed by atoms with Gasteiger partial charge >= 0.3 is 0 Å². The number of carbonyl (C=O) groups excluding carboxylic acids is 1.